The van der Waals surface area contributed by atoms with Gasteiger partial charge in [-0.25, -0.2) is 0 Å². The van der Waals surface area contributed by atoms with Gasteiger partial charge in [-0.05, 0) is 55.8 Å². The van der Waals surface area contributed by atoms with Gasteiger partial charge in [-0.15, -0.1) is 0 Å². The number of hydrogen-bond donors (Lipinski definition) is 0. The monoisotopic (exact) mass is 330 g/mol. The highest BCUT2D eigenvalue weighted by atomic mass is 16.2. The Morgan fingerprint density at radius 2 is 1.96 bits per heavy atom. The summed E-state index contributed by atoms with van der Waals surface area (Å²) in [5.41, 5.74) is 1.28. The summed E-state index contributed by atoms with van der Waals surface area (Å²) < 4.78 is 1.97. The van der Waals surface area contributed by atoms with E-state index in [1.165, 1.54) is 18.5 Å². The molecule has 24 heavy (non-hydrogen) atoms. The Bertz CT molecular complexity index is 576. The molecule has 2 aliphatic rings. The standard InChI is InChI=1S/C19H30N4O/c1-15(2)4-5-19(24)23-12-16-7-10-22(11-8-17(16)13-23)14-18-6-9-20-21(18)3/h4-6,9,15-17H,7-8,10-14H2,1-3H3/b5-4+/t16-,17+. The molecule has 1 amide bonds. The van der Waals surface area contributed by atoms with Gasteiger partial charge in [0.1, 0.15) is 0 Å². The van der Waals surface area contributed by atoms with Crippen molar-refractivity contribution in [3.63, 3.8) is 0 Å². The molecule has 3 heterocycles. The van der Waals surface area contributed by atoms with E-state index in [9.17, 15) is 4.79 Å². The van der Waals surface area contributed by atoms with Gasteiger partial charge in [0, 0.05) is 32.9 Å². The van der Waals surface area contributed by atoms with Crippen molar-refractivity contribution in [2.75, 3.05) is 26.2 Å². The molecule has 0 unspecified atom stereocenters. The second-order valence-electron chi connectivity index (χ2n) is 7.67. The molecule has 0 aromatic carbocycles. The molecule has 0 spiro atoms. The van der Waals surface area contributed by atoms with E-state index >= 15 is 0 Å². The maximum absolute atomic E-state index is 12.3. The summed E-state index contributed by atoms with van der Waals surface area (Å²) in [6, 6.07) is 2.10. The van der Waals surface area contributed by atoms with Crippen LogP contribution in [-0.2, 0) is 18.4 Å². The summed E-state index contributed by atoms with van der Waals surface area (Å²) in [6.45, 7) is 9.31. The molecular formula is C19H30N4O. The van der Waals surface area contributed by atoms with Crippen LogP contribution in [0, 0.1) is 17.8 Å². The Kier molecular flexibility index (Phi) is 5.39. The summed E-state index contributed by atoms with van der Waals surface area (Å²) in [7, 11) is 2.01. The number of aryl methyl sites for hydroxylation is 1. The van der Waals surface area contributed by atoms with Crippen LogP contribution in [-0.4, -0.2) is 51.7 Å². The van der Waals surface area contributed by atoms with E-state index < -0.39 is 0 Å². The van der Waals surface area contributed by atoms with Crippen LogP contribution in [0.2, 0.25) is 0 Å². The van der Waals surface area contributed by atoms with Gasteiger partial charge in [0.15, 0.2) is 0 Å². The highest BCUT2D eigenvalue weighted by Crippen LogP contribution is 2.32. The number of carbonyl (C=O) groups excluding carboxylic acids is 1. The average Bonchev–Trinajstić information content (AvgIpc) is 3.09. The number of aromatic nitrogens is 2. The summed E-state index contributed by atoms with van der Waals surface area (Å²) in [5.74, 6) is 1.96. The number of allylic oxidation sites excluding steroid dienone is 1. The molecule has 5 heteroatoms. The van der Waals surface area contributed by atoms with Gasteiger partial charge in [-0.1, -0.05) is 19.9 Å². The zero-order valence-corrected chi connectivity index (χ0v) is 15.2. The highest BCUT2D eigenvalue weighted by Gasteiger charge is 2.36. The number of nitrogens with zero attached hydrogens (tertiary/aromatic N) is 4. The molecule has 0 radical (unpaired) electrons. The Morgan fingerprint density at radius 1 is 1.29 bits per heavy atom. The Balaban J connectivity index is 1.53. The van der Waals surface area contributed by atoms with Crippen LogP contribution in [0.4, 0.5) is 0 Å². The number of rotatable bonds is 4. The Morgan fingerprint density at radius 3 is 2.50 bits per heavy atom. The van der Waals surface area contributed by atoms with Crippen molar-refractivity contribution in [1.82, 2.24) is 19.6 Å². The maximum Gasteiger partial charge on any atom is 0.246 e. The van der Waals surface area contributed by atoms with Crippen molar-refractivity contribution >= 4 is 5.91 Å². The Hall–Kier alpha value is -1.62. The predicted molar refractivity (Wildman–Crippen MR) is 95.3 cm³/mol. The van der Waals surface area contributed by atoms with Crippen molar-refractivity contribution in [3.8, 4) is 0 Å². The lowest BCUT2D eigenvalue weighted by Gasteiger charge is -2.21. The summed E-state index contributed by atoms with van der Waals surface area (Å²) >= 11 is 0. The number of hydrogen-bond acceptors (Lipinski definition) is 3. The molecule has 0 N–H and O–H groups in total. The van der Waals surface area contributed by atoms with Crippen molar-refractivity contribution in [1.29, 1.82) is 0 Å². The number of carbonyl (C=O) groups is 1. The molecule has 3 rings (SSSR count). The second-order valence-corrected chi connectivity index (χ2v) is 7.67. The van der Waals surface area contributed by atoms with Crippen molar-refractivity contribution in [3.05, 3.63) is 30.1 Å². The molecule has 1 aromatic rings. The van der Waals surface area contributed by atoms with Crippen LogP contribution in [0.5, 0.6) is 0 Å². The first kappa shape index (κ1) is 17.2. The topological polar surface area (TPSA) is 41.4 Å². The SMILES string of the molecule is CC(C)/C=C/C(=O)N1C[C@H]2CCN(Cc3ccnn3C)CC[C@H]2C1. The molecule has 2 saturated heterocycles. The highest BCUT2D eigenvalue weighted by molar-refractivity contribution is 5.87. The van der Waals surface area contributed by atoms with Crippen LogP contribution in [0.15, 0.2) is 24.4 Å². The van der Waals surface area contributed by atoms with E-state index in [0.717, 1.165) is 32.7 Å². The summed E-state index contributed by atoms with van der Waals surface area (Å²) in [4.78, 5) is 16.9. The van der Waals surface area contributed by atoms with Crippen LogP contribution in [0.1, 0.15) is 32.4 Å². The molecule has 5 nitrogen and oxygen atoms in total. The molecule has 0 saturated carbocycles. The maximum atomic E-state index is 12.3. The minimum absolute atomic E-state index is 0.198. The molecule has 0 bridgehead atoms. The van der Waals surface area contributed by atoms with Crippen LogP contribution in [0.25, 0.3) is 0 Å². The van der Waals surface area contributed by atoms with E-state index in [1.54, 1.807) is 6.08 Å². The average molecular weight is 330 g/mol. The molecule has 1 aromatic heterocycles. The first-order chi connectivity index (χ1) is 11.5. The van der Waals surface area contributed by atoms with Crippen LogP contribution in [0.3, 0.4) is 0 Å². The van der Waals surface area contributed by atoms with Crippen LogP contribution >= 0.6 is 0 Å². The molecule has 2 fully saturated rings. The molecule has 2 aliphatic heterocycles. The Labute approximate surface area is 145 Å². The fraction of sp³-hybridized carbons (Fsp3) is 0.684. The minimum atomic E-state index is 0.198. The third-order valence-electron chi connectivity index (χ3n) is 5.45. The normalized spacial score (nSPS) is 25.4. The van der Waals surface area contributed by atoms with Gasteiger partial charge in [-0.2, -0.15) is 5.10 Å². The predicted octanol–water partition coefficient (Wildman–Crippen LogP) is 2.30. The quantitative estimate of drug-likeness (QED) is 0.796. The lowest BCUT2D eigenvalue weighted by Crippen LogP contribution is -2.30. The number of fused-ring (bicyclic) bond motifs is 1. The van der Waals surface area contributed by atoms with Crippen molar-refractivity contribution in [2.24, 2.45) is 24.8 Å². The third-order valence-corrected chi connectivity index (χ3v) is 5.45. The second kappa shape index (κ2) is 7.51. The largest absolute Gasteiger partial charge is 0.339 e. The number of amides is 1. The first-order valence-corrected chi connectivity index (χ1v) is 9.19. The van der Waals surface area contributed by atoms with Crippen molar-refractivity contribution in [2.45, 2.75) is 33.2 Å². The smallest absolute Gasteiger partial charge is 0.246 e. The van der Waals surface area contributed by atoms with Gasteiger partial charge in [0.05, 0.1) is 5.69 Å². The molecule has 2 atom stereocenters. The van der Waals surface area contributed by atoms with Crippen LogP contribution < -0.4 is 0 Å². The van der Waals surface area contributed by atoms with E-state index in [4.69, 9.17) is 0 Å². The summed E-state index contributed by atoms with van der Waals surface area (Å²) in [6.07, 6.45) is 8.03. The lowest BCUT2D eigenvalue weighted by atomic mass is 9.92. The molecule has 0 aliphatic carbocycles. The zero-order chi connectivity index (χ0) is 17.1. The molecular weight excluding hydrogens is 300 g/mol. The van der Waals surface area contributed by atoms with Gasteiger partial charge in [0.25, 0.3) is 0 Å². The summed E-state index contributed by atoms with van der Waals surface area (Å²) in [5, 5.41) is 4.26. The van der Waals surface area contributed by atoms with E-state index in [-0.39, 0.29) is 5.91 Å². The third kappa shape index (κ3) is 4.07. The van der Waals surface area contributed by atoms with E-state index in [1.807, 2.05) is 24.0 Å². The number of likely N-dealkylation sites (tertiary alicyclic amines) is 2. The minimum Gasteiger partial charge on any atom is -0.339 e. The first-order valence-electron chi connectivity index (χ1n) is 9.19. The van der Waals surface area contributed by atoms with Crippen molar-refractivity contribution < 1.29 is 4.79 Å². The van der Waals surface area contributed by atoms with Gasteiger partial charge < -0.3 is 4.90 Å². The molecule has 132 valence electrons. The lowest BCUT2D eigenvalue weighted by molar-refractivity contribution is -0.125. The van der Waals surface area contributed by atoms with Gasteiger partial charge in [-0.3, -0.25) is 14.4 Å². The zero-order valence-electron chi connectivity index (χ0n) is 15.2. The fourth-order valence-electron chi connectivity index (χ4n) is 3.91. The fourth-order valence-corrected chi connectivity index (χ4v) is 3.91. The van der Waals surface area contributed by atoms with Gasteiger partial charge >= 0.3 is 0 Å². The van der Waals surface area contributed by atoms with Gasteiger partial charge in [0.2, 0.25) is 5.91 Å². The van der Waals surface area contributed by atoms with E-state index in [2.05, 4.69) is 34.8 Å². The van der Waals surface area contributed by atoms with E-state index in [0.29, 0.717) is 17.8 Å².